The number of nitrogens with zero attached hydrogens (tertiary/aromatic N) is 1. The van der Waals surface area contributed by atoms with Crippen molar-refractivity contribution < 1.29 is 14.7 Å². The lowest BCUT2D eigenvalue weighted by Gasteiger charge is -2.30. The van der Waals surface area contributed by atoms with Gasteiger partial charge in [0, 0.05) is 18.7 Å². The van der Waals surface area contributed by atoms with Crippen molar-refractivity contribution in [2.45, 2.75) is 6.42 Å². The standard InChI is InChI=1S/C11H11NO3/c13-10(12-5-2-6-12)8-3-1-4-9(7-8)11(14)15/h1,3-4,7H,2,5-6H2,(H,14,15). The van der Waals surface area contributed by atoms with Gasteiger partial charge in [0.15, 0.2) is 0 Å². The van der Waals surface area contributed by atoms with Crippen molar-refractivity contribution in [3.63, 3.8) is 0 Å². The molecular weight excluding hydrogens is 194 g/mol. The van der Waals surface area contributed by atoms with Crippen molar-refractivity contribution in [2.24, 2.45) is 0 Å². The summed E-state index contributed by atoms with van der Waals surface area (Å²) in [6, 6.07) is 6.14. The second-order valence-corrected chi connectivity index (χ2v) is 3.53. The Morgan fingerprint density at radius 2 is 1.87 bits per heavy atom. The Balaban J connectivity index is 2.23. The fourth-order valence-corrected chi connectivity index (χ4v) is 1.49. The molecular formula is C11H11NO3. The van der Waals surface area contributed by atoms with Crippen molar-refractivity contribution in [3.8, 4) is 0 Å². The first kappa shape index (κ1) is 9.71. The van der Waals surface area contributed by atoms with Crippen LogP contribution in [-0.4, -0.2) is 35.0 Å². The maximum absolute atomic E-state index is 11.7. The van der Waals surface area contributed by atoms with Crippen LogP contribution in [0.25, 0.3) is 0 Å². The fourth-order valence-electron chi connectivity index (χ4n) is 1.49. The average molecular weight is 205 g/mol. The molecule has 1 aromatic rings. The molecule has 1 N–H and O–H groups in total. The van der Waals surface area contributed by atoms with Crippen LogP contribution in [0.15, 0.2) is 24.3 Å². The molecule has 0 unspecified atom stereocenters. The molecule has 0 aromatic heterocycles. The van der Waals surface area contributed by atoms with Crippen molar-refractivity contribution >= 4 is 11.9 Å². The second kappa shape index (κ2) is 3.73. The third kappa shape index (κ3) is 1.83. The number of likely N-dealkylation sites (tertiary alicyclic amines) is 1. The molecule has 4 heteroatoms. The molecule has 1 aliphatic rings. The highest BCUT2D eigenvalue weighted by Crippen LogP contribution is 2.13. The van der Waals surface area contributed by atoms with Crippen molar-refractivity contribution in [2.75, 3.05) is 13.1 Å². The molecule has 4 nitrogen and oxygen atoms in total. The molecule has 15 heavy (non-hydrogen) atoms. The highest BCUT2D eigenvalue weighted by Gasteiger charge is 2.21. The van der Waals surface area contributed by atoms with Crippen molar-refractivity contribution in [3.05, 3.63) is 35.4 Å². The highest BCUT2D eigenvalue weighted by molar-refractivity contribution is 5.97. The minimum absolute atomic E-state index is 0.0793. The molecule has 0 bridgehead atoms. The van der Waals surface area contributed by atoms with E-state index in [-0.39, 0.29) is 11.5 Å². The van der Waals surface area contributed by atoms with E-state index in [0.29, 0.717) is 5.56 Å². The number of rotatable bonds is 2. The van der Waals surface area contributed by atoms with Crippen molar-refractivity contribution in [1.82, 2.24) is 4.90 Å². The zero-order valence-electron chi connectivity index (χ0n) is 8.14. The van der Waals surface area contributed by atoms with E-state index in [0.717, 1.165) is 19.5 Å². The molecule has 1 saturated heterocycles. The Kier molecular flexibility index (Phi) is 2.41. The molecule has 1 heterocycles. The van der Waals surface area contributed by atoms with Crippen LogP contribution < -0.4 is 0 Å². The van der Waals surface area contributed by atoms with Gasteiger partial charge in [-0.2, -0.15) is 0 Å². The van der Waals surface area contributed by atoms with Gasteiger partial charge in [-0.25, -0.2) is 4.79 Å². The van der Waals surface area contributed by atoms with Gasteiger partial charge in [-0.1, -0.05) is 6.07 Å². The Labute approximate surface area is 87.1 Å². The van der Waals surface area contributed by atoms with Crippen LogP contribution in [0.5, 0.6) is 0 Å². The van der Waals surface area contributed by atoms with E-state index in [9.17, 15) is 9.59 Å². The van der Waals surface area contributed by atoms with E-state index in [1.807, 2.05) is 0 Å². The summed E-state index contributed by atoms with van der Waals surface area (Å²) in [6.45, 7) is 1.55. The molecule has 0 spiro atoms. The van der Waals surface area contributed by atoms with E-state index in [1.54, 1.807) is 17.0 Å². The predicted molar refractivity (Wildman–Crippen MR) is 53.9 cm³/mol. The van der Waals surface area contributed by atoms with Gasteiger partial charge in [0.2, 0.25) is 0 Å². The lowest BCUT2D eigenvalue weighted by Crippen LogP contribution is -2.42. The maximum atomic E-state index is 11.7. The van der Waals surface area contributed by atoms with Gasteiger partial charge in [0.05, 0.1) is 5.56 Å². The van der Waals surface area contributed by atoms with E-state index < -0.39 is 5.97 Å². The maximum Gasteiger partial charge on any atom is 0.335 e. The number of carbonyl (C=O) groups excluding carboxylic acids is 1. The van der Waals surface area contributed by atoms with Gasteiger partial charge >= 0.3 is 5.97 Å². The summed E-state index contributed by atoms with van der Waals surface area (Å²) in [4.78, 5) is 24.1. The van der Waals surface area contributed by atoms with Crippen LogP contribution in [0.1, 0.15) is 27.1 Å². The minimum atomic E-state index is -1.01. The van der Waals surface area contributed by atoms with Crippen LogP contribution in [0.3, 0.4) is 0 Å². The summed E-state index contributed by atoms with van der Waals surface area (Å²) in [6.07, 6.45) is 1.03. The normalized spacial score (nSPS) is 14.5. The largest absolute Gasteiger partial charge is 0.478 e. The SMILES string of the molecule is O=C(O)c1cccc(C(=O)N2CCC2)c1. The smallest absolute Gasteiger partial charge is 0.335 e. The van der Waals surface area contributed by atoms with Gasteiger partial charge in [-0.15, -0.1) is 0 Å². The van der Waals surface area contributed by atoms with E-state index in [1.165, 1.54) is 12.1 Å². The fraction of sp³-hybridized carbons (Fsp3) is 0.273. The topological polar surface area (TPSA) is 57.6 Å². The zero-order valence-corrected chi connectivity index (χ0v) is 8.14. The number of aromatic carboxylic acids is 1. The average Bonchev–Trinajstić information content (AvgIpc) is 2.15. The van der Waals surface area contributed by atoms with Gasteiger partial charge in [-0.05, 0) is 24.6 Å². The Hall–Kier alpha value is -1.84. The van der Waals surface area contributed by atoms with Crippen LogP contribution in [0.2, 0.25) is 0 Å². The van der Waals surface area contributed by atoms with Crippen LogP contribution in [0, 0.1) is 0 Å². The number of carboxylic acid groups (broad SMARTS) is 1. The van der Waals surface area contributed by atoms with Crippen LogP contribution in [0.4, 0.5) is 0 Å². The summed E-state index contributed by atoms with van der Waals surface area (Å²) in [5, 5.41) is 8.78. The van der Waals surface area contributed by atoms with Crippen molar-refractivity contribution in [1.29, 1.82) is 0 Å². The zero-order chi connectivity index (χ0) is 10.8. The number of amides is 1. The molecule has 0 aliphatic carbocycles. The third-order valence-electron chi connectivity index (χ3n) is 2.50. The minimum Gasteiger partial charge on any atom is -0.478 e. The van der Waals surface area contributed by atoms with E-state index in [2.05, 4.69) is 0 Å². The molecule has 1 fully saturated rings. The predicted octanol–water partition coefficient (Wildman–Crippen LogP) is 1.23. The quantitative estimate of drug-likeness (QED) is 0.790. The first-order valence-corrected chi connectivity index (χ1v) is 4.81. The molecule has 78 valence electrons. The van der Waals surface area contributed by atoms with Crippen LogP contribution >= 0.6 is 0 Å². The number of hydrogen-bond donors (Lipinski definition) is 1. The summed E-state index contributed by atoms with van der Waals surface area (Å²) in [5.41, 5.74) is 0.607. The number of benzene rings is 1. The first-order chi connectivity index (χ1) is 7.18. The highest BCUT2D eigenvalue weighted by atomic mass is 16.4. The Morgan fingerprint density at radius 3 is 2.40 bits per heavy atom. The van der Waals surface area contributed by atoms with E-state index >= 15 is 0 Å². The number of hydrogen-bond acceptors (Lipinski definition) is 2. The monoisotopic (exact) mass is 205 g/mol. The first-order valence-electron chi connectivity index (χ1n) is 4.81. The molecule has 1 aromatic carbocycles. The Bertz CT molecular complexity index is 410. The molecule has 0 saturated carbocycles. The summed E-state index contributed by atoms with van der Waals surface area (Å²) >= 11 is 0. The Morgan fingerprint density at radius 1 is 1.20 bits per heavy atom. The summed E-state index contributed by atoms with van der Waals surface area (Å²) in [5.74, 6) is -1.09. The third-order valence-corrected chi connectivity index (χ3v) is 2.50. The molecule has 0 atom stereocenters. The van der Waals surface area contributed by atoms with Crippen LogP contribution in [-0.2, 0) is 0 Å². The van der Waals surface area contributed by atoms with Gasteiger partial charge < -0.3 is 10.0 Å². The number of carboxylic acids is 1. The second-order valence-electron chi connectivity index (χ2n) is 3.53. The molecule has 0 radical (unpaired) electrons. The van der Waals surface area contributed by atoms with E-state index in [4.69, 9.17) is 5.11 Å². The molecule has 1 amide bonds. The van der Waals surface area contributed by atoms with Gasteiger partial charge in [0.25, 0.3) is 5.91 Å². The molecule has 1 aliphatic heterocycles. The molecule has 2 rings (SSSR count). The lowest BCUT2D eigenvalue weighted by molar-refractivity contribution is 0.0652. The summed E-state index contributed by atoms with van der Waals surface area (Å²) in [7, 11) is 0. The lowest BCUT2D eigenvalue weighted by atomic mass is 10.1. The van der Waals surface area contributed by atoms with Gasteiger partial charge in [-0.3, -0.25) is 4.79 Å². The summed E-state index contributed by atoms with van der Waals surface area (Å²) < 4.78 is 0. The number of carbonyl (C=O) groups is 2. The van der Waals surface area contributed by atoms with Gasteiger partial charge in [0.1, 0.15) is 0 Å².